The minimum absolute atomic E-state index is 0.587. The van der Waals surface area contributed by atoms with Crippen LogP contribution >= 0.6 is 0 Å². The fourth-order valence-corrected chi connectivity index (χ4v) is 7.35. The number of furan rings is 1. The van der Waals surface area contributed by atoms with Crippen LogP contribution in [0.15, 0.2) is 192 Å². The molecule has 0 radical (unpaired) electrons. The summed E-state index contributed by atoms with van der Waals surface area (Å²) in [5.41, 5.74) is 11.0. The Hall–Kier alpha value is -7.17. The molecule has 10 rings (SSSR count). The van der Waals surface area contributed by atoms with Crippen LogP contribution in [-0.4, -0.2) is 15.0 Å². The highest BCUT2D eigenvalue weighted by Crippen LogP contribution is 2.42. The fourth-order valence-electron chi connectivity index (χ4n) is 7.35. The van der Waals surface area contributed by atoms with Gasteiger partial charge < -0.3 is 4.42 Å². The van der Waals surface area contributed by atoms with E-state index in [-0.39, 0.29) is 0 Å². The van der Waals surface area contributed by atoms with Crippen molar-refractivity contribution in [2.75, 3.05) is 0 Å². The number of rotatable bonds is 6. The molecule has 4 heteroatoms. The highest BCUT2D eigenvalue weighted by Gasteiger charge is 2.21. The van der Waals surface area contributed by atoms with Crippen LogP contribution in [0.25, 0.3) is 100 Å². The predicted octanol–water partition coefficient (Wildman–Crippen LogP) is 12.9. The lowest BCUT2D eigenvalue weighted by molar-refractivity contribution is 0.670. The molecule has 0 aliphatic rings. The average Bonchev–Trinajstić information content (AvgIpc) is 3.64. The molecule has 8 aromatic carbocycles. The molecule has 0 bridgehead atoms. The van der Waals surface area contributed by atoms with E-state index in [1.807, 2.05) is 54.6 Å². The topological polar surface area (TPSA) is 51.8 Å². The molecular formula is C49H31N3O. The zero-order chi connectivity index (χ0) is 35.1. The molecule has 0 N–H and O–H groups in total. The molecule has 248 valence electrons. The van der Waals surface area contributed by atoms with Gasteiger partial charge in [-0.25, -0.2) is 15.0 Å². The van der Waals surface area contributed by atoms with Crippen LogP contribution < -0.4 is 0 Å². The summed E-state index contributed by atoms with van der Waals surface area (Å²) in [4.78, 5) is 15.5. The van der Waals surface area contributed by atoms with Gasteiger partial charge in [-0.3, -0.25) is 0 Å². The van der Waals surface area contributed by atoms with Gasteiger partial charge in [0.1, 0.15) is 11.2 Å². The van der Waals surface area contributed by atoms with Crippen LogP contribution in [-0.2, 0) is 0 Å². The maximum absolute atomic E-state index is 6.69. The molecule has 0 aliphatic carbocycles. The van der Waals surface area contributed by atoms with E-state index in [9.17, 15) is 0 Å². The van der Waals surface area contributed by atoms with E-state index in [1.165, 1.54) is 10.8 Å². The number of para-hydroxylation sites is 1. The fraction of sp³-hybridized carbons (Fsp3) is 0. The van der Waals surface area contributed by atoms with Crippen LogP contribution in [0.4, 0.5) is 0 Å². The van der Waals surface area contributed by atoms with Gasteiger partial charge >= 0.3 is 0 Å². The Balaban J connectivity index is 1.21. The SMILES string of the molecule is c1ccc(-c2nc(-c3ccc(-c4ccccc4)c(-c4ccccc4)c3)nc(-c3ccc(-c4ccc5ccccc5c4)c4oc5ccccc5c34)n2)cc1. The molecule has 0 amide bonds. The van der Waals surface area contributed by atoms with Crippen molar-refractivity contribution in [3.05, 3.63) is 188 Å². The maximum Gasteiger partial charge on any atom is 0.164 e. The van der Waals surface area contributed by atoms with Gasteiger partial charge in [-0.1, -0.05) is 158 Å². The Kier molecular flexibility index (Phi) is 7.43. The second-order valence-corrected chi connectivity index (χ2v) is 13.2. The predicted molar refractivity (Wildman–Crippen MR) is 217 cm³/mol. The highest BCUT2D eigenvalue weighted by atomic mass is 16.3. The maximum atomic E-state index is 6.69. The number of fused-ring (bicyclic) bond motifs is 4. The number of hydrogen-bond acceptors (Lipinski definition) is 4. The van der Waals surface area contributed by atoms with Crippen LogP contribution in [0.1, 0.15) is 0 Å². The first-order chi connectivity index (χ1) is 26.3. The molecule has 0 unspecified atom stereocenters. The third kappa shape index (κ3) is 5.54. The molecule has 0 atom stereocenters. The summed E-state index contributed by atoms with van der Waals surface area (Å²) < 4.78 is 6.69. The Morgan fingerprint density at radius 2 is 0.868 bits per heavy atom. The molecule has 0 spiro atoms. The van der Waals surface area contributed by atoms with Gasteiger partial charge in [-0.05, 0) is 68.9 Å². The summed E-state index contributed by atoms with van der Waals surface area (Å²) in [5, 5.41) is 4.38. The molecule has 2 aromatic heterocycles. The Morgan fingerprint density at radius 3 is 1.62 bits per heavy atom. The summed E-state index contributed by atoms with van der Waals surface area (Å²) in [6, 6.07) is 65.1. The third-order valence-corrected chi connectivity index (χ3v) is 9.94. The Labute approximate surface area is 306 Å². The van der Waals surface area contributed by atoms with Gasteiger partial charge in [0, 0.05) is 33.0 Å². The van der Waals surface area contributed by atoms with E-state index in [0.29, 0.717) is 17.5 Å². The van der Waals surface area contributed by atoms with E-state index in [2.05, 4.69) is 133 Å². The summed E-state index contributed by atoms with van der Waals surface area (Å²) >= 11 is 0. The lowest BCUT2D eigenvalue weighted by Gasteiger charge is -2.14. The standard InChI is InChI=1S/C49H31N3O/c1-4-15-33(16-5-1)39-27-26-38(31-43(39)34-17-6-2-7-18-34)48-50-47(35-19-8-3-9-20-35)51-49(52-48)42-29-28-40(37-25-24-32-14-10-11-21-36(32)30-37)46-45(42)41-22-12-13-23-44(41)53-46/h1-31H. The summed E-state index contributed by atoms with van der Waals surface area (Å²) in [7, 11) is 0. The Bertz CT molecular complexity index is 2940. The first kappa shape index (κ1) is 30.6. The van der Waals surface area contributed by atoms with Gasteiger partial charge in [0.05, 0.1) is 0 Å². The van der Waals surface area contributed by atoms with Gasteiger partial charge in [0.25, 0.3) is 0 Å². The second-order valence-electron chi connectivity index (χ2n) is 13.2. The third-order valence-electron chi connectivity index (χ3n) is 9.94. The lowest BCUT2D eigenvalue weighted by atomic mass is 9.92. The molecule has 53 heavy (non-hydrogen) atoms. The van der Waals surface area contributed by atoms with E-state index < -0.39 is 0 Å². The summed E-state index contributed by atoms with van der Waals surface area (Å²) in [5.74, 6) is 1.80. The van der Waals surface area contributed by atoms with E-state index in [1.54, 1.807) is 0 Å². The van der Waals surface area contributed by atoms with Gasteiger partial charge in [-0.15, -0.1) is 0 Å². The van der Waals surface area contributed by atoms with Crippen molar-refractivity contribution in [2.24, 2.45) is 0 Å². The molecule has 0 aliphatic heterocycles. The van der Waals surface area contributed by atoms with Gasteiger partial charge in [0.2, 0.25) is 0 Å². The second kappa shape index (κ2) is 12.9. The summed E-state index contributed by atoms with van der Waals surface area (Å²) in [6.45, 7) is 0. The minimum Gasteiger partial charge on any atom is -0.455 e. The number of hydrogen-bond donors (Lipinski definition) is 0. The van der Waals surface area contributed by atoms with E-state index in [0.717, 1.165) is 72.0 Å². The monoisotopic (exact) mass is 677 g/mol. The van der Waals surface area contributed by atoms with Crippen molar-refractivity contribution < 1.29 is 4.42 Å². The van der Waals surface area contributed by atoms with Gasteiger partial charge in [0.15, 0.2) is 17.5 Å². The largest absolute Gasteiger partial charge is 0.455 e. The van der Waals surface area contributed by atoms with Gasteiger partial charge in [-0.2, -0.15) is 0 Å². The highest BCUT2D eigenvalue weighted by molar-refractivity contribution is 6.16. The summed E-state index contributed by atoms with van der Waals surface area (Å²) in [6.07, 6.45) is 0. The zero-order valence-electron chi connectivity index (χ0n) is 28.6. The van der Waals surface area contributed by atoms with E-state index in [4.69, 9.17) is 19.4 Å². The normalized spacial score (nSPS) is 11.4. The van der Waals surface area contributed by atoms with Crippen molar-refractivity contribution in [1.29, 1.82) is 0 Å². The van der Waals surface area contributed by atoms with Crippen LogP contribution in [0.5, 0.6) is 0 Å². The van der Waals surface area contributed by atoms with Crippen molar-refractivity contribution in [3.8, 4) is 67.5 Å². The van der Waals surface area contributed by atoms with Crippen LogP contribution in [0.2, 0.25) is 0 Å². The van der Waals surface area contributed by atoms with E-state index >= 15 is 0 Å². The molecule has 2 heterocycles. The molecule has 0 saturated heterocycles. The van der Waals surface area contributed by atoms with Crippen molar-refractivity contribution in [2.45, 2.75) is 0 Å². The molecule has 4 nitrogen and oxygen atoms in total. The first-order valence-corrected chi connectivity index (χ1v) is 17.8. The average molecular weight is 678 g/mol. The molecule has 10 aromatic rings. The van der Waals surface area contributed by atoms with Crippen molar-refractivity contribution in [1.82, 2.24) is 15.0 Å². The first-order valence-electron chi connectivity index (χ1n) is 17.8. The minimum atomic E-state index is 0.587. The molecular weight excluding hydrogens is 647 g/mol. The molecule has 0 fully saturated rings. The van der Waals surface area contributed by atoms with Crippen molar-refractivity contribution >= 4 is 32.7 Å². The number of nitrogens with zero attached hydrogens (tertiary/aromatic N) is 3. The zero-order valence-corrected chi connectivity index (χ0v) is 28.6. The quantitative estimate of drug-likeness (QED) is 0.176. The molecule has 0 saturated carbocycles. The lowest BCUT2D eigenvalue weighted by Crippen LogP contribution is -2.01. The number of aromatic nitrogens is 3. The van der Waals surface area contributed by atoms with Crippen molar-refractivity contribution in [3.63, 3.8) is 0 Å². The van der Waals surface area contributed by atoms with Crippen LogP contribution in [0.3, 0.4) is 0 Å². The Morgan fingerprint density at radius 1 is 0.321 bits per heavy atom. The number of benzene rings is 8. The van der Waals surface area contributed by atoms with Crippen LogP contribution in [0, 0.1) is 0 Å². The smallest absolute Gasteiger partial charge is 0.164 e.